The molecule has 7 amide bonds. The van der Waals surface area contributed by atoms with E-state index in [-0.39, 0.29) is 56.0 Å². The fourth-order valence-electron chi connectivity index (χ4n) is 11.8. The lowest BCUT2D eigenvalue weighted by atomic mass is 10.0. The van der Waals surface area contributed by atoms with Crippen molar-refractivity contribution >= 4 is 119 Å². The van der Waals surface area contributed by atoms with Crippen molar-refractivity contribution in [2.24, 2.45) is 0 Å². The molecule has 2 unspecified atom stereocenters. The molecule has 38 heteroatoms. The van der Waals surface area contributed by atoms with Crippen LogP contribution in [0.15, 0.2) is 114 Å². The van der Waals surface area contributed by atoms with Crippen LogP contribution in [0.4, 0.5) is 10.1 Å². The lowest BCUT2D eigenvalue weighted by Crippen LogP contribution is -2.52. The van der Waals surface area contributed by atoms with E-state index in [1.165, 1.54) is 15.5 Å². The molecule has 101 heavy (non-hydrogen) atoms. The van der Waals surface area contributed by atoms with Gasteiger partial charge >= 0.3 is 13.5 Å². The number of fused-ring (bicyclic) bond motifs is 6. The molecule has 11 atom stereocenters. The van der Waals surface area contributed by atoms with Crippen LogP contribution in [0.25, 0.3) is 22.2 Å². The van der Waals surface area contributed by atoms with Gasteiger partial charge < -0.3 is 70.1 Å². The highest BCUT2D eigenvalue weighted by Gasteiger charge is 2.54. The largest absolute Gasteiger partial charge is 0.387 e. The Hall–Kier alpha value is -8.37. The second-order valence-corrected chi connectivity index (χ2v) is 30.4. The Morgan fingerprint density at radius 3 is 2.32 bits per heavy atom. The van der Waals surface area contributed by atoms with Crippen LogP contribution in [-0.2, 0) is 108 Å². The van der Waals surface area contributed by atoms with E-state index in [9.17, 15) is 52.9 Å². The summed E-state index contributed by atoms with van der Waals surface area (Å²) >= 11 is 11.1. The van der Waals surface area contributed by atoms with Crippen LogP contribution < -0.4 is 42.4 Å². The van der Waals surface area contributed by atoms with E-state index < -0.39 is 156 Å². The van der Waals surface area contributed by atoms with Crippen molar-refractivity contribution in [2.45, 2.75) is 105 Å². The minimum Gasteiger partial charge on any atom is -0.387 e. The molecule has 4 aromatic heterocycles. The van der Waals surface area contributed by atoms with E-state index in [1.807, 2.05) is 36.4 Å². The number of nitrogens with one attached hydrogen (secondary N) is 6. The van der Waals surface area contributed by atoms with Crippen molar-refractivity contribution < 1.29 is 84.8 Å². The van der Waals surface area contributed by atoms with E-state index in [0.29, 0.717) is 28.9 Å². The van der Waals surface area contributed by atoms with Crippen molar-refractivity contribution in [2.75, 3.05) is 63.4 Å². The summed E-state index contributed by atoms with van der Waals surface area (Å²) in [6.07, 6.45) is -5.93. The van der Waals surface area contributed by atoms with E-state index in [4.69, 9.17) is 44.1 Å². The summed E-state index contributed by atoms with van der Waals surface area (Å²) in [5, 5.41) is 27.9. The zero-order valence-corrected chi connectivity index (χ0v) is 57.7. The van der Waals surface area contributed by atoms with Crippen LogP contribution >= 0.6 is 37.5 Å². The third kappa shape index (κ3) is 17.6. The maximum absolute atomic E-state index is 16.7. The Kier molecular flexibility index (Phi) is 23.2. The molecule has 32 nitrogen and oxygen atoms in total. The van der Waals surface area contributed by atoms with E-state index >= 15 is 4.39 Å². The number of nitrogens with zero attached hydrogens (tertiary/aromatic N) is 8. The number of anilines is 1. The number of thiol groups is 1. The predicted octanol–water partition coefficient (Wildman–Crippen LogP) is 1.65. The van der Waals surface area contributed by atoms with Gasteiger partial charge in [0, 0.05) is 49.7 Å². The molecule has 532 valence electrons. The number of carbonyl (C=O) groups is 7. The van der Waals surface area contributed by atoms with Crippen molar-refractivity contribution in [1.29, 1.82) is 0 Å². The smallest absolute Gasteiger partial charge is 0.386 e. The second kappa shape index (κ2) is 32.3. The van der Waals surface area contributed by atoms with Gasteiger partial charge in [-0.2, -0.15) is 0 Å². The van der Waals surface area contributed by atoms with Crippen molar-refractivity contribution in [3.05, 3.63) is 142 Å². The molecule has 7 aromatic rings. The third-order valence-electron chi connectivity index (χ3n) is 16.7. The van der Waals surface area contributed by atoms with Crippen LogP contribution in [0.5, 0.6) is 0 Å². The van der Waals surface area contributed by atoms with Crippen LogP contribution in [0, 0.1) is 11.8 Å². The van der Waals surface area contributed by atoms with Gasteiger partial charge in [-0.15, -0.1) is 11.8 Å². The first kappa shape index (κ1) is 72.4. The van der Waals surface area contributed by atoms with Gasteiger partial charge in [0.1, 0.15) is 73.2 Å². The standard InChI is InChI=1S/C63H67FN14O18P2S3/c64-52-55-44(94-62(52)77-28-40-14-8-22-101-60-51(40)57(77)69-32-70-60)30-92-98(89,100)96-56-54(85)43(29-91-97(88,99)95-55)93-63(56)78-34-71-53-58(78)72-33-75(61(53)87)21-20-65-49(83)31-90-35-73-47(81)25-68-59(86)41(23-36-9-2-1-3-10-36)74-48(82)26-67-46(80)24-66-45(79)18-19-50(84)76-27-39-13-5-4-11-37(39)16-17-38-12-6-7-15-42(38)76/h1-7,9-13,15,28,32-34,41,43-44,52,54-56,62-63,85H,8,14,18-27,29-31,35H2,(H,65,83)(H,66,79)(H,67,80)(H,68,86)(H,73,81)(H,74,82)(H,88,99)(H,89,100)/t41-,43+,44+,52+,54+,55+,56+,62+,63+,97?,98?/m0/s1. The average Bonchev–Trinajstić information content (AvgIpc) is 1.62. The van der Waals surface area contributed by atoms with Crippen molar-refractivity contribution in [3.63, 3.8) is 0 Å². The molecule has 3 saturated heterocycles. The predicted molar refractivity (Wildman–Crippen MR) is 364 cm³/mol. The number of alkyl halides is 1. The molecule has 12 rings (SSSR count). The highest BCUT2D eigenvalue weighted by Crippen LogP contribution is 2.59. The molecule has 0 saturated carbocycles. The molecule has 0 spiro atoms. The number of hydrogen-bond acceptors (Lipinski definition) is 23. The number of aryl methyl sites for hydroxylation is 1. The van der Waals surface area contributed by atoms with Crippen molar-refractivity contribution in [3.8, 4) is 11.8 Å². The summed E-state index contributed by atoms with van der Waals surface area (Å²) in [5.74, 6) is 2.66. The molecule has 5 aliphatic heterocycles. The SMILES string of the molecule is O=C(CCC(=O)N1Cc2ccccc2C#Cc2ccccc21)NCC(=O)NCC(=O)N[C@@H](Cc1ccccc1)C(=O)NCC(=O)NCOCC(=O)NCCn1cnc2c(ncn2[C@@H]2O[C@@H]3COP(O)(=S)O[C@H]4[C@@H](F)[C@H](n5cc6c7c(ncnc75)SCCC6)O[C@@H]4COP(=O)(S)O[C@@H]2[C@@H]3O)c1=O. The van der Waals surface area contributed by atoms with E-state index in [1.54, 1.807) is 65.3 Å². The van der Waals surface area contributed by atoms with Gasteiger partial charge in [0.15, 0.2) is 29.8 Å². The van der Waals surface area contributed by atoms with Gasteiger partial charge in [0.25, 0.3) is 5.56 Å². The molecule has 5 aliphatic rings. The highest BCUT2D eigenvalue weighted by molar-refractivity contribution is 8.44. The van der Waals surface area contributed by atoms with Crippen LogP contribution in [0.1, 0.15) is 59.5 Å². The first-order valence-corrected chi connectivity index (χ1v) is 38.0. The van der Waals surface area contributed by atoms with Gasteiger partial charge in [-0.3, -0.25) is 61.1 Å². The second-order valence-electron chi connectivity index (χ2n) is 23.6. The summed E-state index contributed by atoms with van der Waals surface area (Å²) in [6.45, 7) is -12.9. The Morgan fingerprint density at radius 1 is 0.762 bits per heavy atom. The minimum atomic E-state index is -4.55. The molecule has 0 aliphatic carbocycles. The lowest BCUT2D eigenvalue weighted by molar-refractivity contribution is -0.131. The molecule has 3 aromatic carbocycles. The molecule has 0 radical (unpaired) electrons. The Bertz CT molecular complexity index is 4550. The molecule has 9 heterocycles. The number of ether oxygens (including phenoxy) is 3. The summed E-state index contributed by atoms with van der Waals surface area (Å²) in [7, 11) is 0. The number of benzene rings is 3. The van der Waals surface area contributed by atoms with E-state index in [0.717, 1.165) is 56.5 Å². The summed E-state index contributed by atoms with van der Waals surface area (Å²) in [4.78, 5) is 135. The van der Waals surface area contributed by atoms with Crippen LogP contribution in [0.2, 0.25) is 0 Å². The number of thioether (sulfide) groups is 1. The topological polar surface area (TPSA) is 400 Å². The molecule has 2 bridgehead atoms. The molecule has 3 fully saturated rings. The van der Waals surface area contributed by atoms with Crippen LogP contribution in [-0.4, -0.2) is 186 Å². The number of imidazole rings is 1. The Morgan fingerprint density at radius 2 is 1.49 bits per heavy atom. The number of amides is 7. The monoisotopic (exact) mass is 1480 g/mol. The lowest BCUT2D eigenvalue weighted by Gasteiger charge is -2.27. The van der Waals surface area contributed by atoms with Gasteiger partial charge in [-0.05, 0) is 65.3 Å². The maximum Gasteiger partial charge on any atom is 0.386 e. The first-order valence-electron chi connectivity index (χ1n) is 31.7. The minimum absolute atomic E-state index is 0.00284. The average molecular weight is 1490 g/mol. The fourth-order valence-corrected chi connectivity index (χ4v) is 15.7. The Labute approximate surface area is 588 Å². The van der Waals surface area contributed by atoms with Crippen molar-refractivity contribution in [1.82, 2.24) is 65.5 Å². The number of aromatic nitrogens is 7. The van der Waals surface area contributed by atoms with Crippen LogP contribution in [0.3, 0.4) is 0 Å². The number of rotatable bonds is 22. The summed E-state index contributed by atoms with van der Waals surface area (Å²) < 4.78 is 75.2. The van der Waals surface area contributed by atoms with E-state index in [2.05, 4.69) is 75.9 Å². The number of para-hydroxylation sites is 1. The van der Waals surface area contributed by atoms with Gasteiger partial charge in [-0.1, -0.05) is 84.8 Å². The fraction of sp³-hybridized carbons (Fsp3) is 0.397. The zero-order valence-electron chi connectivity index (χ0n) is 53.4. The number of aliphatic hydroxyl groups excluding tert-OH is 1. The quantitative estimate of drug-likeness (QED) is 0.0116. The zero-order chi connectivity index (χ0) is 71.0. The van der Waals surface area contributed by atoms with Gasteiger partial charge in [0.05, 0.1) is 56.8 Å². The highest BCUT2D eigenvalue weighted by atomic mass is 32.7. The number of carbonyl (C=O) groups excluding carboxylic acids is 7. The molecule has 8 N–H and O–H groups in total. The third-order valence-corrected chi connectivity index (χ3v) is 21.0. The maximum atomic E-state index is 16.7. The summed E-state index contributed by atoms with van der Waals surface area (Å²) in [6, 6.07) is 22.2. The Balaban J connectivity index is 0.570. The molecular weight excluding hydrogens is 1420 g/mol. The summed E-state index contributed by atoms with van der Waals surface area (Å²) in [5.41, 5.74) is 3.93. The van der Waals surface area contributed by atoms with Gasteiger partial charge in [0.2, 0.25) is 41.4 Å². The number of aliphatic hydroxyl groups is 1. The molecular formula is C63H67FN14O18P2S3. The normalized spacial score (nSPS) is 24.2. The number of halogens is 1. The first-order chi connectivity index (χ1) is 48.7. The number of hydrogen-bond donors (Lipinski definition) is 9. The van der Waals surface area contributed by atoms with Gasteiger partial charge in [-0.25, -0.2) is 28.9 Å².